The predicted octanol–water partition coefficient (Wildman–Crippen LogP) is 5.25. The van der Waals surface area contributed by atoms with Gasteiger partial charge < -0.3 is 19.0 Å². The van der Waals surface area contributed by atoms with Crippen LogP contribution in [0.25, 0.3) is 10.2 Å². The summed E-state index contributed by atoms with van der Waals surface area (Å²) in [6.07, 6.45) is 2.23. The van der Waals surface area contributed by atoms with Crippen LogP contribution < -0.4 is 14.4 Å². The van der Waals surface area contributed by atoms with Gasteiger partial charge in [-0.25, -0.2) is 4.98 Å². The second-order valence-electron chi connectivity index (χ2n) is 7.91. The van der Waals surface area contributed by atoms with Gasteiger partial charge in [0.25, 0.3) is 5.91 Å². The zero-order chi connectivity index (χ0) is 24.7. The normalized spacial score (nSPS) is 15.8. The SMILES string of the molecule is CCc1ccc2nc(N3C(=O)C(O)=C(C(=O)c4ccco4)[C@@H]3c3ccc(OC)c(OC)c3)sc2c1. The van der Waals surface area contributed by atoms with E-state index in [0.29, 0.717) is 22.2 Å². The number of hydrogen-bond donors (Lipinski definition) is 1. The van der Waals surface area contributed by atoms with Crippen LogP contribution in [0.2, 0.25) is 0 Å². The number of rotatable bonds is 7. The van der Waals surface area contributed by atoms with Crippen molar-refractivity contribution in [3.63, 3.8) is 0 Å². The highest BCUT2D eigenvalue weighted by Gasteiger charge is 2.46. The number of fused-ring (bicyclic) bond motifs is 1. The third kappa shape index (κ3) is 3.74. The minimum atomic E-state index is -0.953. The molecular weight excluding hydrogens is 468 g/mol. The van der Waals surface area contributed by atoms with Gasteiger partial charge in [0.1, 0.15) is 0 Å². The number of methoxy groups -OCH3 is 2. The molecule has 1 amide bonds. The average molecular weight is 491 g/mol. The highest BCUT2D eigenvalue weighted by Crippen LogP contribution is 2.45. The van der Waals surface area contributed by atoms with Crippen LogP contribution in [0.1, 0.15) is 34.6 Å². The van der Waals surface area contributed by atoms with Gasteiger partial charge in [-0.2, -0.15) is 0 Å². The lowest BCUT2D eigenvalue weighted by atomic mass is 9.95. The zero-order valence-corrected chi connectivity index (χ0v) is 20.1. The number of thiazole rings is 1. The molecule has 0 unspecified atom stereocenters. The van der Waals surface area contributed by atoms with Crippen molar-refractivity contribution in [2.75, 3.05) is 19.1 Å². The second kappa shape index (κ2) is 8.92. The number of aliphatic hydroxyl groups is 1. The summed E-state index contributed by atoms with van der Waals surface area (Å²) in [5.41, 5.74) is 2.33. The molecule has 4 aromatic rings. The molecule has 5 rings (SSSR count). The number of aliphatic hydroxyl groups excluding tert-OH is 1. The fourth-order valence-corrected chi connectivity index (χ4v) is 5.25. The summed E-state index contributed by atoms with van der Waals surface area (Å²) in [4.78, 5) is 32.8. The molecule has 1 atom stereocenters. The molecule has 35 heavy (non-hydrogen) atoms. The smallest absolute Gasteiger partial charge is 0.296 e. The summed E-state index contributed by atoms with van der Waals surface area (Å²) in [6, 6.07) is 13.1. The molecule has 178 valence electrons. The summed E-state index contributed by atoms with van der Waals surface area (Å²) in [6.45, 7) is 2.06. The zero-order valence-electron chi connectivity index (χ0n) is 19.3. The van der Waals surface area contributed by atoms with Crippen molar-refractivity contribution in [2.24, 2.45) is 0 Å². The molecule has 2 aromatic carbocycles. The Morgan fingerprint density at radius 2 is 1.94 bits per heavy atom. The third-order valence-corrected chi connectivity index (χ3v) is 6.99. The van der Waals surface area contributed by atoms with Crippen LogP contribution in [-0.4, -0.2) is 36.0 Å². The first-order chi connectivity index (χ1) is 17.0. The molecule has 2 aromatic heterocycles. The maximum Gasteiger partial charge on any atom is 0.296 e. The van der Waals surface area contributed by atoms with Gasteiger partial charge in [-0.3, -0.25) is 14.5 Å². The first-order valence-corrected chi connectivity index (χ1v) is 11.7. The van der Waals surface area contributed by atoms with E-state index in [9.17, 15) is 14.7 Å². The fourth-order valence-electron chi connectivity index (χ4n) is 4.19. The minimum Gasteiger partial charge on any atom is -0.503 e. The Balaban J connectivity index is 1.69. The van der Waals surface area contributed by atoms with Crippen LogP contribution in [0.15, 0.2) is 70.5 Å². The van der Waals surface area contributed by atoms with Gasteiger partial charge in [0, 0.05) is 0 Å². The predicted molar refractivity (Wildman–Crippen MR) is 131 cm³/mol. The summed E-state index contributed by atoms with van der Waals surface area (Å²) in [5, 5.41) is 11.3. The Morgan fingerprint density at radius 1 is 1.14 bits per heavy atom. The molecule has 1 aliphatic rings. The molecule has 8 nitrogen and oxygen atoms in total. The molecule has 0 radical (unpaired) electrons. The quantitative estimate of drug-likeness (QED) is 0.353. The second-order valence-corrected chi connectivity index (χ2v) is 8.92. The molecule has 1 N–H and O–H groups in total. The number of carbonyl (C=O) groups is 2. The standard InChI is InChI=1S/C26H22N2O6S/c1-4-14-7-9-16-20(12-14)35-26(27-16)28-22(15-8-10-17(32-2)19(13-15)33-3)21(24(30)25(28)31)23(29)18-6-5-11-34-18/h5-13,22,30H,4H2,1-3H3/t22-/m0/s1. The summed E-state index contributed by atoms with van der Waals surface area (Å²) >= 11 is 1.32. The molecule has 0 aliphatic carbocycles. The van der Waals surface area contributed by atoms with E-state index < -0.39 is 23.5 Å². The van der Waals surface area contributed by atoms with Crippen LogP contribution in [-0.2, 0) is 11.2 Å². The lowest BCUT2D eigenvalue weighted by Gasteiger charge is -2.25. The van der Waals surface area contributed by atoms with Crippen molar-refractivity contribution in [3.8, 4) is 11.5 Å². The average Bonchev–Trinajstić information content (AvgIpc) is 3.61. The van der Waals surface area contributed by atoms with Crippen LogP contribution in [0.5, 0.6) is 11.5 Å². The van der Waals surface area contributed by atoms with Crippen LogP contribution in [0.4, 0.5) is 5.13 Å². The number of amides is 1. The lowest BCUT2D eigenvalue weighted by Crippen LogP contribution is -2.31. The number of aryl methyl sites for hydroxylation is 1. The van der Waals surface area contributed by atoms with E-state index in [-0.39, 0.29) is 11.3 Å². The molecule has 9 heteroatoms. The third-order valence-electron chi connectivity index (χ3n) is 5.98. The van der Waals surface area contributed by atoms with Crippen molar-refractivity contribution in [2.45, 2.75) is 19.4 Å². The molecule has 0 fully saturated rings. The Bertz CT molecular complexity index is 1470. The number of hydrogen-bond acceptors (Lipinski definition) is 8. The number of ketones is 1. The van der Waals surface area contributed by atoms with Gasteiger partial charge in [-0.1, -0.05) is 30.4 Å². The molecule has 0 spiro atoms. The number of anilines is 1. The number of aromatic nitrogens is 1. The van der Waals surface area contributed by atoms with Gasteiger partial charge in [0.15, 0.2) is 28.1 Å². The van der Waals surface area contributed by atoms with Gasteiger partial charge in [0.2, 0.25) is 5.78 Å². The molecule has 0 saturated heterocycles. The highest BCUT2D eigenvalue weighted by atomic mass is 32.1. The van der Waals surface area contributed by atoms with Gasteiger partial charge in [0.05, 0.1) is 42.3 Å². The van der Waals surface area contributed by atoms with Crippen molar-refractivity contribution >= 4 is 38.4 Å². The fraction of sp³-hybridized carbons (Fsp3) is 0.192. The number of Topliss-reactive ketones (excluding diaryl/α,β-unsaturated/α-hetero) is 1. The largest absolute Gasteiger partial charge is 0.503 e. The van der Waals surface area contributed by atoms with Crippen molar-refractivity contribution in [3.05, 3.63) is 83.0 Å². The van der Waals surface area contributed by atoms with E-state index in [2.05, 4.69) is 11.9 Å². The number of carbonyl (C=O) groups excluding carboxylic acids is 2. The van der Waals surface area contributed by atoms with E-state index in [1.54, 1.807) is 24.3 Å². The number of ether oxygens (including phenoxy) is 2. The molecule has 0 bridgehead atoms. The summed E-state index contributed by atoms with van der Waals surface area (Å²) < 4.78 is 17.0. The van der Waals surface area contributed by atoms with E-state index >= 15 is 0 Å². The highest BCUT2D eigenvalue weighted by molar-refractivity contribution is 7.22. The van der Waals surface area contributed by atoms with E-state index in [4.69, 9.17) is 13.9 Å². The lowest BCUT2D eigenvalue weighted by molar-refractivity contribution is -0.117. The molecule has 0 saturated carbocycles. The Labute approximate surface area is 205 Å². The van der Waals surface area contributed by atoms with Crippen molar-refractivity contribution in [1.82, 2.24) is 4.98 Å². The number of furan rings is 1. The topological polar surface area (TPSA) is 102 Å². The van der Waals surface area contributed by atoms with Gasteiger partial charge >= 0.3 is 0 Å². The monoisotopic (exact) mass is 490 g/mol. The minimum absolute atomic E-state index is 0.0172. The van der Waals surface area contributed by atoms with Crippen LogP contribution in [0, 0.1) is 0 Å². The summed E-state index contributed by atoms with van der Waals surface area (Å²) in [7, 11) is 3.02. The summed E-state index contributed by atoms with van der Waals surface area (Å²) in [5.74, 6) is -1.01. The van der Waals surface area contributed by atoms with Crippen LogP contribution >= 0.6 is 11.3 Å². The maximum absolute atomic E-state index is 13.4. The van der Waals surface area contributed by atoms with Gasteiger partial charge in [-0.15, -0.1) is 0 Å². The van der Waals surface area contributed by atoms with E-state index in [1.807, 2.05) is 18.2 Å². The molecular formula is C26H22N2O6S. The number of nitrogens with zero attached hydrogens (tertiary/aromatic N) is 2. The Morgan fingerprint density at radius 3 is 2.63 bits per heavy atom. The maximum atomic E-state index is 13.4. The van der Waals surface area contributed by atoms with Crippen molar-refractivity contribution in [1.29, 1.82) is 0 Å². The first kappa shape index (κ1) is 22.7. The number of benzene rings is 2. The Kier molecular flexibility index (Phi) is 5.78. The van der Waals surface area contributed by atoms with Gasteiger partial charge in [-0.05, 0) is 53.9 Å². The van der Waals surface area contributed by atoms with Crippen molar-refractivity contribution < 1.29 is 28.6 Å². The van der Waals surface area contributed by atoms with Crippen LogP contribution in [0.3, 0.4) is 0 Å². The molecule has 3 heterocycles. The molecule has 1 aliphatic heterocycles. The Hall–Kier alpha value is -4.11. The van der Waals surface area contributed by atoms with E-state index in [1.165, 1.54) is 42.8 Å². The van der Waals surface area contributed by atoms with E-state index in [0.717, 1.165) is 22.2 Å². The first-order valence-electron chi connectivity index (χ1n) is 10.9.